The van der Waals surface area contributed by atoms with Crippen molar-refractivity contribution in [3.8, 4) is 17.2 Å². The molecule has 2 aromatic carbocycles. The Balaban J connectivity index is 1.60. The number of aryl methyl sites for hydroxylation is 2. The lowest BCUT2D eigenvalue weighted by atomic mass is 10.1. The highest BCUT2D eigenvalue weighted by Gasteiger charge is 2.21. The predicted molar refractivity (Wildman–Crippen MR) is 129 cm³/mol. The van der Waals surface area contributed by atoms with E-state index in [0.717, 1.165) is 17.0 Å². The summed E-state index contributed by atoms with van der Waals surface area (Å²) in [6.45, 7) is 3.87. The number of hydrogen-bond acceptors (Lipinski definition) is 8. The van der Waals surface area contributed by atoms with Crippen LogP contribution in [0.5, 0.6) is 17.2 Å². The molecule has 0 aliphatic heterocycles. The van der Waals surface area contributed by atoms with Gasteiger partial charge in [-0.1, -0.05) is 23.9 Å². The molecule has 0 aliphatic carbocycles. The number of thioether (sulfide) groups is 1. The van der Waals surface area contributed by atoms with Gasteiger partial charge in [-0.3, -0.25) is 20.4 Å². The predicted octanol–water partition coefficient (Wildman–Crippen LogP) is 3.49. The van der Waals surface area contributed by atoms with Crippen LogP contribution in [0.1, 0.15) is 37.7 Å². The second kappa shape index (κ2) is 11.4. The summed E-state index contributed by atoms with van der Waals surface area (Å²) in [5.41, 5.74) is 8.26. The monoisotopic (exact) mass is 482 g/mol. The Kier molecular flexibility index (Phi) is 8.31. The van der Waals surface area contributed by atoms with Crippen LogP contribution in [0.15, 0.2) is 47.6 Å². The first-order chi connectivity index (χ1) is 16.4. The fourth-order valence-electron chi connectivity index (χ4n) is 3.19. The zero-order valence-corrected chi connectivity index (χ0v) is 20.4. The third-order valence-electron chi connectivity index (χ3n) is 4.78. The van der Waals surface area contributed by atoms with Gasteiger partial charge in [0.1, 0.15) is 0 Å². The van der Waals surface area contributed by atoms with Crippen LogP contribution >= 0.6 is 11.8 Å². The Hall–Kier alpha value is -3.79. The number of ether oxygens (including phenoxy) is 3. The Morgan fingerprint density at radius 2 is 1.44 bits per heavy atom. The number of nitrogens with one attached hydrogen (secondary N) is 2. The zero-order chi connectivity index (χ0) is 24.7. The average Bonchev–Trinajstić information content (AvgIpc) is 2.84. The Bertz CT molecular complexity index is 1160. The van der Waals surface area contributed by atoms with Crippen LogP contribution in [0.25, 0.3) is 0 Å². The molecule has 3 rings (SSSR count). The van der Waals surface area contributed by atoms with E-state index in [1.165, 1.54) is 39.2 Å². The van der Waals surface area contributed by atoms with Gasteiger partial charge < -0.3 is 14.2 Å². The number of rotatable bonds is 8. The number of nitrogens with zero attached hydrogens (tertiary/aromatic N) is 2. The topological polar surface area (TPSA) is 112 Å². The molecule has 0 saturated heterocycles. The van der Waals surface area contributed by atoms with E-state index in [-0.39, 0.29) is 17.1 Å². The Morgan fingerprint density at radius 3 is 2.03 bits per heavy atom. The van der Waals surface area contributed by atoms with Crippen LogP contribution in [0.2, 0.25) is 0 Å². The molecule has 0 aliphatic rings. The molecule has 2 N–H and O–H groups in total. The van der Waals surface area contributed by atoms with Gasteiger partial charge in [0.15, 0.2) is 16.7 Å². The number of hydrazine groups is 1. The number of carbonyl (C=O) groups is 2. The number of carbonyl (C=O) groups excluding carboxylic acids is 2. The molecule has 1 heterocycles. The maximum absolute atomic E-state index is 12.6. The zero-order valence-electron chi connectivity index (χ0n) is 19.6. The van der Waals surface area contributed by atoms with E-state index in [9.17, 15) is 9.59 Å². The molecule has 0 bridgehead atoms. The smallest absolute Gasteiger partial charge is 0.273 e. The van der Waals surface area contributed by atoms with Crippen LogP contribution < -0.4 is 25.1 Å². The highest BCUT2D eigenvalue weighted by Crippen LogP contribution is 2.39. The molecule has 34 heavy (non-hydrogen) atoms. The molecular weight excluding hydrogens is 456 g/mol. The van der Waals surface area contributed by atoms with Crippen molar-refractivity contribution in [2.75, 3.05) is 21.3 Å². The van der Waals surface area contributed by atoms with Crippen LogP contribution in [0.3, 0.4) is 0 Å². The molecule has 0 atom stereocenters. The Morgan fingerprint density at radius 1 is 0.824 bits per heavy atom. The summed E-state index contributed by atoms with van der Waals surface area (Å²) in [6.07, 6.45) is 0. The molecule has 0 unspecified atom stereocenters. The minimum Gasteiger partial charge on any atom is -0.493 e. The standard InChI is InChI=1S/C24H26N4O5S/c1-14-12-15(2)26-24(25-14)34-13-16-6-8-17(9-7-16)22(29)27-28-23(30)18-10-11-19(31-3)21(33-5)20(18)32-4/h6-12H,13H2,1-5H3,(H,27,29)(H,28,30). The Labute approximate surface area is 202 Å². The third-order valence-corrected chi connectivity index (χ3v) is 5.70. The third kappa shape index (κ3) is 5.96. The summed E-state index contributed by atoms with van der Waals surface area (Å²) in [5.74, 6) is 0.548. The highest BCUT2D eigenvalue weighted by molar-refractivity contribution is 7.98. The lowest BCUT2D eigenvalue weighted by Crippen LogP contribution is -2.41. The molecule has 0 spiro atoms. The fourth-order valence-corrected chi connectivity index (χ4v) is 4.10. The maximum atomic E-state index is 12.6. The van der Waals surface area contributed by atoms with Gasteiger partial charge in [-0.05, 0) is 49.7 Å². The minimum atomic E-state index is -0.562. The van der Waals surface area contributed by atoms with Crippen LogP contribution in [0, 0.1) is 13.8 Å². The van der Waals surface area contributed by atoms with Crippen LogP contribution in [-0.4, -0.2) is 43.1 Å². The van der Waals surface area contributed by atoms with Crippen molar-refractivity contribution in [1.82, 2.24) is 20.8 Å². The van der Waals surface area contributed by atoms with Crippen molar-refractivity contribution in [1.29, 1.82) is 0 Å². The van der Waals surface area contributed by atoms with Gasteiger partial charge in [0.25, 0.3) is 11.8 Å². The normalized spacial score (nSPS) is 10.4. The molecule has 10 heteroatoms. The fraction of sp³-hybridized carbons (Fsp3) is 0.250. The first-order valence-corrected chi connectivity index (χ1v) is 11.3. The average molecular weight is 483 g/mol. The van der Waals surface area contributed by atoms with Crippen molar-refractivity contribution >= 4 is 23.6 Å². The summed E-state index contributed by atoms with van der Waals surface area (Å²) in [7, 11) is 4.35. The number of aromatic nitrogens is 2. The van der Waals surface area contributed by atoms with Crippen molar-refractivity contribution in [2.24, 2.45) is 0 Å². The van der Waals surface area contributed by atoms with E-state index in [1.54, 1.807) is 18.2 Å². The van der Waals surface area contributed by atoms with Crippen LogP contribution in [0.4, 0.5) is 0 Å². The number of hydrogen-bond donors (Lipinski definition) is 2. The van der Waals surface area contributed by atoms with E-state index >= 15 is 0 Å². The van der Waals surface area contributed by atoms with Gasteiger partial charge >= 0.3 is 0 Å². The SMILES string of the molecule is COc1ccc(C(=O)NNC(=O)c2ccc(CSc3nc(C)cc(C)n3)cc2)c(OC)c1OC. The second-order valence-electron chi connectivity index (χ2n) is 7.21. The van der Waals surface area contributed by atoms with Gasteiger partial charge in [0.2, 0.25) is 5.75 Å². The van der Waals surface area contributed by atoms with Crippen molar-refractivity contribution < 1.29 is 23.8 Å². The highest BCUT2D eigenvalue weighted by atomic mass is 32.2. The van der Waals surface area contributed by atoms with E-state index in [1.807, 2.05) is 32.0 Å². The van der Waals surface area contributed by atoms with E-state index in [0.29, 0.717) is 22.2 Å². The molecule has 0 radical (unpaired) electrons. The van der Waals surface area contributed by atoms with Gasteiger partial charge in [-0.25, -0.2) is 9.97 Å². The van der Waals surface area contributed by atoms with Crippen molar-refractivity contribution in [3.05, 3.63) is 70.5 Å². The molecule has 0 saturated carbocycles. The van der Waals surface area contributed by atoms with Gasteiger partial charge in [-0.2, -0.15) is 0 Å². The quantitative estimate of drug-likeness (QED) is 0.285. The number of methoxy groups -OCH3 is 3. The van der Waals surface area contributed by atoms with Crippen molar-refractivity contribution in [3.63, 3.8) is 0 Å². The van der Waals surface area contributed by atoms with E-state index in [4.69, 9.17) is 14.2 Å². The van der Waals surface area contributed by atoms with Crippen LogP contribution in [-0.2, 0) is 5.75 Å². The van der Waals surface area contributed by atoms with Gasteiger partial charge in [0, 0.05) is 22.7 Å². The first kappa shape index (κ1) is 24.8. The molecule has 2 amide bonds. The lowest BCUT2D eigenvalue weighted by molar-refractivity contribution is 0.0844. The molecular formula is C24H26N4O5S. The second-order valence-corrected chi connectivity index (χ2v) is 8.15. The molecule has 1 aromatic heterocycles. The lowest BCUT2D eigenvalue weighted by Gasteiger charge is -2.15. The number of amides is 2. The van der Waals surface area contributed by atoms with Crippen molar-refractivity contribution in [2.45, 2.75) is 24.8 Å². The van der Waals surface area contributed by atoms with Gasteiger partial charge in [-0.15, -0.1) is 0 Å². The largest absolute Gasteiger partial charge is 0.493 e. The first-order valence-electron chi connectivity index (χ1n) is 10.3. The summed E-state index contributed by atoms with van der Waals surface area (Å²) in [6, 6.07) is 12.1. The molecule has 178 valence electrons. The van der Waals surface area contributed by atoms with E-state index < -0.39 is 11.8 Å². The molecule has 3 aromatic rings. The minimum absolute atomic E-state index is 0.182. The summed E-state index contributed by atoms with van der Waals surface area (Å²) in [4.78, 5) is 34.0. The van der Waals surface area contributed by atoms with E-state index in [2.05, 4.69) is 20.8 Å². The molecule has 9 nitrogen and oxygen atoms in total. The summed E-state index contributed by atoms with van der Waals surface area (Å²) >= 11 is 1.53. The molecule has 0 fully saturated rings. The maximum Gasteiger partial charge on any atom is 0.273 e. The number of benzene rings is 2. The van der Waals surface area contributed by atoms with Gasteiger partial charge in [0.05, 0.1) is 26.9 Å². The summed E-state index contributed by atoms with van der Waals surface area (Å²) < 4.78 is 15.8. The summed E-state index contributed by atoms with van der Waals surface area (Å²) in [5, 5.41) is 0.715.